The van der Waals surface area contributed by atoms with E-state index in [2.05, 4.69) is 10.3 Å². The molecule has 0 atom stereocenters. The summed E-state index contributed by atoms with van der Waals surface area (Å²) >= 11 is 0. The second-order valence-electron chi connectivity index (χ2n) is 4.71. The maximum absolute atomic E-state index is 11.9. The van der Waals surface area contributed by atoms with Gasteiger partial charge in [-0.05, 0) is 29.8 Å². The van der Waals surface area contributed by atoms with Crippen molar-refractivity contribution in [1.82, 2.24) is 15.0 Å². The molecule has 0 spiro atoms. The minimum Gasteiger partial charge on any atom is -0.459 e. The number of carbonyl (C=O) groups excluding carboxylic acids is 1. The minimum absolute atomic E-state index is 0.00153. The summed E-state index contributed by atoms with van der Waals surface area (Å²) in [5.41, 5.74) is 2.83. The van der Waals surface area contributed by atoms with Crippen molar-refractivity contribution in [1.29, 1.82) is 5.26 Å². The number of nitriles is 1. The van der Waals surface area contributed by atoms with E-state index in [9.17, 15) is 4.79 Å². The van der Waals surface area contributed by atoms with E-state index < -0.39 is 5.97 Å². The Labute approximate surface area is 126 Å². The summed E-state index contributed by atoms with van der Waals surface area (Å²) in [6, 6.07) is 16.4. The van der Waals surface area contributed by atoms with Crippen LogP contribution in [0.2, 0.25) is 0 Å². The van der Waals surface area contributed by atoms with Crippen LogP contribution >= 0.6 is 0 Å². The van der Waals surface area contributed by atoms with E-state index in [1.165, 1.54) is 4.68 Å². The van der Waals surface area contributed by atoms with Gasteiger partial charge in [0.1, 0.15) is 18.7 Å². The Hall–Kier alpha value is -3.20. The summed E-state index contributed by atoms with van der Waals surface area (Å²) in [6.07, 6.45) is 0. The zero-order valence-electron chi connectivity index (χ0n) is 11.6. The van der Waals surface area contributed by atoms with E-state index in [1.807, 2.05) is 30.3 Å². The first-order chi connectivity index (χ1) is 10.8. The first kappa shape index (κ1) is 13.8. The number of esters is 1. The number of hydrogen-bond acceptors (Lipinski definition) is 5. The van der Waals surface area contributed by atoms with Crippen molar-refractivity contribution in [2.45, 2.75) is 13.2 Å². The molecule has 0 bridgehead atoms. The molecule has 3 rings (SSSR count). The Morgan fingerprint density at radius 2 is 2.09 bits per heavy atom. The molecule has 0 unspecified atom stereocenters. The highest BCUT2D eigenvalue weighted by Crippen LogP contribution is 2.10. The second-order valence-corrected chi connectivity index (χ2v) is 4.71. The number of benzene rings is 2. The number of ether oxygens (including phenoxy) is 1. The molecule has 0 saturated carbocycles. The van der Waals surface area contributed by atoms with Crippen LogP contribution in [0.1, 0.15) is 11.1 Å². The molecule has 0 N–H and O–H groups in total. The maximum atomic E-state index is 11.9. The lowest BCUT2D eigenvalue weighted by atomic mass is 10.1. The molecule has 3 aromatic rings. The van der Waals surface area contributed by atoms with E-state index in [-0.39, 0.29) is 13.2 Å². The standard InChI is InChI=1S/C16H12N4O2/c17-9-12-4-3-5-13(8-12)11-22-16(21)10-20-15-7-2-1-6-14(15)18-19-20/h1-8H,10-11H2. The van der Waals surface area contributed by atoms with Crippen LogP contribution < -0.4 is 0 Å². The molecule has 0 aliphatic heterocycles. The third-order valence-corrected chi connectivity index (χ3v) is 3.16. The molecular weight excluding hydrogens is 280 g/mol. The highest BCUT2D eigenvalue weighted by atomic mass is 16.5. The van der Waals surface area contributed by atoms with Gasteiger partial charge in [0.05, 0.1) is 17.1 Å². The molecule has 108 valence electrons. The van der Waals surface area contributed by atoms with Gasteiger partial charge >= 0.3 is 5.97 Å². The normalized spacial score (nSPS) is 10.3. The predicted octanol–water partition coefficient (Wildman–Crippen LogP) is 2.05. The monoisotopic (exact) mass is 292 g/mol. The Bertz CT molecular complexity index is 864. The van der Waals surface area contributed by atoms with Crippen molar-refractivity contribution in [3.05, 3.63) is 59.7 Å². The molecule has 0 amide bonds. The number of hydrogen-bond donors (Lipinski definition) is 0. The number of nitrogens with zero attached hydrogens (tertiary/aromatic N) is 4. The third kappa shape index (κ3) is 2.94. The summed E-state index contributed by atoms with van der Waals surface area (Å²) in [4.78, 5) is 11.9. The average Bonchev–Trinajstić information content (AvgIpc) is 2.96. The van der Waals surface area contributed by atoms with Crippen molar-refractivity contribution in [3.8, 4) is 6.07 Å². The maximum Gasteiger partial charge on any atom is 0.328 e. The highest BCUT2D eigenvalue weighted by Gasteiger charge is 2.09. The Balaban J connectivity index is 1.64. The predicted molar refractivity (Wildman–Crippen MR) is 78.5 cm³/mol. The van der Waals surface area contributed by atoms with E-state index in [1.54, 1.807) is 24.3 Å². The van der Waals surface area contributed by atoms with Gasteiger partial charge in [-0.1, -0.05) is 29.5 Å². The molecule has 1 heterocycles. The smallest absolute Gasteiger partial charge is 0.328 e. The van der Waals surface area contributed by atoms with Crippen LogP contribution in [-0.4, -0.2) is 21.0 Å². The number of para-hydroxylation sites is 1. The first-order valence-electron chi connectivity index (χ1n) is 6.69. The number of aromatic nitrogens is 3. The average molecular weight is 292 g/mol. The third-order valence-electron chi connectivity index (χ3n) is 3.16. The van der Waals surface area contributed by atoms with Crippen molar-refractivity contribution in [3.63, 3.8) is 0 Å². The van der Waals surface area contributed by atoms with Gasteiger partial charge in [0.15, 0.2) is 0 Å². The molecule has 0 fully saturated rings. The molecule has 6 heteroatoms. The second kappa shape index (κ2) is 6.06. The molecule has 0 radical (unpaired) electrons. The molecule has 1 aromatic heterocycles. The van der Waals surface area contributed by atoms with Crippen LogP contribution in [0.3, 0.4) is 0 Å². The van der Waals surface area contributed by atoms with Crippen molar-refractivity contribution < 1.29 is 9.53 Å². The van der Waals surface area contributed by atoms with Gasteiger partial charge in [-0.25, -0.2) is 4.68 Å². The molecule has 6 nitrogen and oxygen atoms in total. The topological polar surface area (TPSA) is 80.8 Å². The van der Waals surface area contributed by atoms with E-state index in [0.717, 1.165) is 16.6 Å². The molecule has 22 heavy (non-hydrogen) atoms. The van der Waals surface area contributed by atoms with Crippen molar-refractivity contribution in [2.75, 3.05) is 0 Å². The molecule has 0 aliphatic carbocycles. The van der Waals surface area contributed by atoms with Crippen LogP contribution in [0.4, 0.5) is 0 Å². The minimum atomic E-state index is -0.405. The largest absolute Gasteiger partial charge is 0.459 e. The van der Waals surface area contributed by atoms with Gasteiger partial charge in [-0.15, -0.1) is 5.10 Å². The van der Waals surface area contributed by atoms with Gasteiger partial charge in [0.2, 0.25) is 0 Å². The Kier molecular flexibility index (Phi) is 3.79. The van der Waals surface area contributed by atoms with Crippen molar-refractivity contribution in [2.24, 2.45) is 0 Å². The lowest BCUT2D eigenvalue weighted by Crippen LogP contribution is -2.14. The lowest BCUT2D eigenvalue weighted by Gasteiger charge is -2.05. The Morgan fingerprint density at radius 1 is 1.23 bits per heavy atom. The molecular formula is C16H12N4O2. The molecule has 0 saturated heterocycles. The quantitative estimate of drug-likeness (QED) is 0.687. The van der Waals surface area contributed by atoms with Crippen LogP contribution in [0, 0.1) is 11.3 Å². The lowest BCUT2D eigenvalue weighted by molar-refractivity contribution is -0.145. The van der Waals surface area contributed by atoms with Crippen LogP contribution in [0.5, 0.6) is 0 Å². The zero-order valence-corrected chi connectivity index (χ0v) is 11.6. The van der Waals surface area contributed by atoms with Gasteiger partial charge in [0.25, 0.3) is 0 Å². The Morgan fingerprint density at radius 3 is 2.95 bits per heavy atom. The number of fused-ring (bicyclic) bond motifs is 1. The van der Waals surface area contributed by atoms with E-state index >= 15 is 0 Å². The first-order valence-corrected chi connectivity index (χ1v) is 6.69. The highest BCUT2D eigenvalue weighted by molar-refractivity contribution is 5.76. The van der Waals surface area contributed by atoms with Crippen LogP contribution in [0.25, 0.3) is 11.0 Å². The summed E-state index contributed by atoms with van der Waals surface area (Å²) in [7, 11) is 0. The fourth-order valence-corrected chi connectivity index (χ4v) is 2.10. The zero-order chi connectivity index (χ0) is 15.4. The van der Waals surface area contributed by atoms with Gasteiger partial charge in [-0.2, -0.15) is 5.26 Å². The SMILES string of the molecule is N#Cc1cccc(COC(=O)Cn2nnc3ccccc32)c1. The summed E-state index contributed by atoms with van der Waals surface area (Å²) in [5.74, 6) is -0.405. The molecule has 0 aliphatic rings. The van der Waals surface area contributed by atoms with Crippen LogP contribution in [-0.2, 0) is 22.7 Å². The number of carbonyl (C=O) groups is 1. The van der Waals surface area contributed by atoms with E-state index in [0.29, 0.717) is 5.56 Å². The molecule has 2 aromatic carbocycles. The van der Waals surface area contributed by atoms with Crippen LogP contribution in [0.15, 0.2) is 48.5 Å². The summed E-state index contributed by atoms with van der Waals surface area (Å²) in [5, 5.41) is 16.8. The fraction of sp³-hybridized carbons (Fsp3) is 0.125. The van der Waals surface area contributed by atoms with Gasteiger partial charge < -0.3 is 4.74 Å². The van der Waals surface area contributed by atoms with Gasteiger partial charge in [-0.3, -0.25) is 4.79 Å². The number of rotatable bonds is 4. The van der Waals surface area contributed by atoms with Crippen molar-refractivity contribution >= 4 is 17.0 Å². The van der Waals surface area contributed by atoms with E-state index in [4.69, 9.17) is 10.00 Å². The summed E-state index contributed by atoms with van der Waals surface area (Å²) in [6.45, 7) is 0.124. The fourth-order valence-electron chi connectivity index (χ4n) is 2.10. The summed E-state index contributed by atoms with van der Waals surface area (Å²) < 4.78 is 6.72. The van der Waals surface area contributed by atoms with Gasteiger partial charge in [0, 0.05) is 0 Å².